The highest BCUT2D eigenvalue weighted by atomic mass is 16.6. The van der Waals surface area contributed by atoms with Gasteiger partial charge in [-0.1, -0.05) is 103 Å². The van der Waals surface area contributed by atoms with E-state index in [0.29, 0.717) is 6.42 Å². The van der Waals surface area contributed by atoms with Crippen LogP contribution in [0, 0.1) is 10.1 Å². The first-order valence-corrected chi connectivity index (χ1v) is 11.1. The van der Waals surface area contributed by atoms with Gasteiger partial charge in [0.05, 0.1) is 16.9 Å². The zero-order valence-electron chi connectivity index (χ0n) is 18.5. The van der Waals surface area contributed by atoms with Crippen molar-refractivity contribution in [3.63, 3.8) is 0 Å². The predicted octanol–water partition coefficient (Wildman–Crippen LogP) is 6.22. The highest BCUT2D eigenvalue weighted by molar-refractivity contribution is 5.50. The molecule has 34 heavy (non-hydrogen) atoms. The van der Waals surface area contributed by atoms with E-state index >= 15 is 0 Å². The maximum atomic E-state index is 11.0. The molecule has 0 aliphatic heterocycles. The van der Waals surface area contributed by atoms with Crippen LogP contribution in [-0.2, 0) is 12.0 Å². The average molecular weight is 446 g/mol. The minimum Gasteiger partial charge on any atom is -0.319 e. The zero-order valence-corrected chi connectivity index (χ0v) is 18.5. The normalized spacial score (nSPS) is 11.3. The lowest BCUT2D eigenvalue weighted by molar-refractivity contribution is -0.384. The fourth-order valence-electron chi connectivity index (χ4n) is 4.57. The molecule has 0 spiro atoms. The molecule has 0 saturated carbocycles. The van der Waals surface area contributed by atoms with Gasteiger partial charge in [-0.15, -0.1) is 0 Å². The number of rotatable bonds is 7. The van der Waals surface area contributed by atoms with Crippen molar-refractivity contribution in [3.05, 3.63) is 166 Å². The Kier molecular flexibility index (Phi) is 5.75. The molecule has 0 atom stereocenters. The number of non-ortho nitro benzene ring substituents is 1. The molecule has 0 aliphatic rings. The van der Waals surface area contributed by atoms with E-state index in [9.17, 15) is 10.1 Å². The van der Waals surface area contributed by atoms with Crippen molar-refractivity contribution in [1.82, 2.24) is 9.55 Å². The lowest BCUT2D eigenvalue weighted by atomic mass is 9.77. The highest BCUT2D eigenvalue weighted by Crippen LogP contribution is 2.40. The van der Waals surface area contributed by atoms with Crippen molar-refractivity contribution >= 4 is 5.69 Å². The van der Waals surface area contributed by atoms with Crippen molar-refractivity contribution in [2.45, 2.75) is 12.0 Å². The number of imidazole rings is 1. The molecule has 0 N–H and O–H groups in total. The molecule has 0 bridgehead atoms. The van der Waals surface area contributed by atoms with Crippen LogP contribution in [0.3, 0.4) is 0 Å². The van der Waals surface area contributed by atoms with Crippen LogP contribution in [0.5, 0.6) is 0 Å². The molecule has 0 aliphatic carbocycles. The molecule has 5 heteroatoms. The Morgan fingerprint density at radius 3 is 1.62 bits per heavy atom. The number of benzene rings is 4. The van der Waals surface area contributed by atoms with Crippen LogP contribution in [0.2, 0.25) is 0 Å². The summed E-state index contributed by atoms with van der Waals surface area (Å²) in [5.74, 6) is 0. The number of hydrogen-bond acceptors (Lipinski definition) is 3. The second-order valence-electron chi connectivity index (χ2n) is 8.18. The summed E-state index contributed by atoms with van der Waals surface area (Å²) < 4.78 is 2.17. The van der Waals surface area contributed by atoms with Gasteiger partial charge < -0.3 is 4.57 Å². The van der Waals surface area contributed by atoms with Crippen molar-refractivity contribution < 1.29 is 4.92 Å². The summed E-state index contributed by atoms with van der Waals surface area (Å²) in [7, 11) is 0. The lowest BCUT2D eigenvalue weighted by Gasteiger charge is -2.37. The smallest absolute Gasteiger partial charge is 0.269 e. The Morgan fingerprint density at radius 1 is 0.706 bits per heavy atom. The van der Waals surface area contributed by atoms with Gasteiger partial charge in [-0.25, -0.2) is 4.98 Å². The number of nitro benzene ring substituents is 1. The van der Waals surface area contributed by atoms with Crippen LogP contribution in [0.25, 0.3) is 0 Å². The molecule has 1 heterocycles. The van der Waals surface area contributed by atoms with E-state index in [-0.39, 0.29) is 10.6 Å². The molecule has 166 valence electrons. The van der Waals surface area contributed by atoms with Gasteiger partial charge in [0.1, 0.15) is 5.54 Å². The van der Waals surface area contributed by atoms with Crippen molar-refractivity contribution in [2.75, 3.05) is 0 Å². The first-order chi connectivity index (χ1) is 16.7. The van der Waals surface area contributed by atoms with Crippen LogP contribution in [0.1, 0.15) is 27.9 Å². The van der Waals surface area contributed by atoms with E-state index in [1.165, 1.54) is 12.1 Å². The van der Waals surface area contributed by atoms with E-state index in [2.05, 4.69) is 83.6 Å². The van der Waals surface area contributed by atoms with Gasteiger partial charge >= 0.3 is 0 Å². The Bertz CT molecular complexity index is 1280. The standard InChI is InChI=1S/C29H23N3O2/c33-32(34)28-18-16-23(17-19-28)20-27-21-31(22-30-27)29(24-10-4-1-5-11-24,25-12-6-2-7-13-25)26-14-8-3-9-15-26/h1-19,21-22H,20H2. The van der Waals surface area contributed by atoms with Crippen LogP contribution < -0.4 is 0 Å². The second-order valence-corrected chi connectivity index (χ2v) is 8.18. The Balaban J connectivity index is 1.65. The molecule has 0 radical (unpaired) electrons. The maximum absolute atomic E-state index is 11.0. The SMILES string of the molecule is O=[N+]([O-])c1ccc(Cc2cn(C(c3ccccc3)(c3ccccc3)c3ccccc3)cn2)cc1. The minimum absolute atomic E-state index is 0.0885. The molecule has 5 nitrogen and oxygen atoms in total. The zero-order chi connectivity index (χ0) is 23.4. The highest BCUT2D eigenvalue weighted by Gasteiger charge is 2.38. The van der Waals surface area contributed by atoms with Gasteiger partial charge in [0.15, 0.2) is 0 Å². The summed E-state index contributed by atoms with van der Waals surface area (Å²) in [6.45, 7) is 0. The molecule has 0 amide bonds. The van der Waals surface area contributed by atoms with Crippen molar-refractivity contribution in [1.29, 1.82) is 0 Å². The fraction of sp³-hybridized carbons (Fsp3) is 0.0690. The van der Waals surface area contributed by atoms with Gasteiger partial charge in [-0.05, 0) is 22.3 Å². The summed E-state index contributed by atoms with van der Waals surface area (Å²) in [6, 6.07) is 38.0. The summed E-state index contributed by atoms with van der Waals surface area (Å²) in [5, 5.41) is 11.0. The number of nitro groups is 1. The summed E-state index contributed by atoms with van der Waals surface area (Å²) in [4.78, 5) is 15.3. The first-order valence-electron chi connectivity index (χ1n) is 11.1. The van der Waals surface area contributed by atoms with Gasteiger partial charge in [-0.2, -0.15) is 0 Å². The molecular formula is C29H23N3O2. The lowest BCUT2D eigenvalue weighted by Crippen LogP contribution is -2.36. The van der Waals surface area contributed by atoms with E-state index in [0.717, 1.165) is 27.9 Å². The van der Waals surface area contributed by atoms with Crippen LogP contribution >= 0.6 is 0 Å². The second kappa shape index (κ2) is 9.16. The molecule has 0 unspecified atom stereocenters. The molecule has 5 aromatic rings. The minimum atomic E-state index is -0.607. The van der Waals surface area contributed by atoms with Crippen molar-refractivity contribution in [3.8, 4) is 0 Å². The predicted molar refractivity (Wildman–Crippen MR) is 133 cm³/mol. The molecule has 0 saturated heterocycles. The van der Waals surface area contributed by atoms with Crippen LogP contribution in [0.15, 0.2) is 128 Å². The third-order valence-corrected chi connectivity index (χ3v) is 6.13. The average Bonchev–Trinajstić information content (AvgIpc) is 3.35. The van der Waals surface area contributed by atoms with Gasteiger partial charge in [-0.3, -0.25) is 10.1 Å². The maximum Gasteiger partial charge on any atom is 0.269 e. The molecular weight excluding hydrogens is 422 g/mol. The van der Waals surface area contributed by atoms with Crippen molar-refractivity contribution in [2.24, 2.45) is 0 Å². The molecule has 4 aromatic carbocycles. The van der Waals surface area contributed by atoms with E-state index in [1.54, 1.807) is 12.1 Å². The summed E-state index contributed by atoms with van der Waals surface area (Å²) in [5.41, 5.74) is 4.74. The fourth-order valence-corrected chi connectivity index (χ4v) is 4.57. The molecule has 5 rings (SSSR count). The van der Waals surface area contributed by atoms with Crippen LogP contribution in [-0.4, -0.2) is 14.5 Å². The molecule has 0 fully saturated rings. The van der Waals surface area contributed by atoms with Gasteiger partial charge in [0.25, 0.3) is 5.69 Å². The van der Waals surface area contributed by atoms with Gasteiger partial charge in [0.2, 0.25) is 0 Å². The Labute approximate surface area is 198 Å². The molecule has 1 aromatic heterocycles. The van der Waals surface area contributed by atoms with E-state index in [1.807, 2.05) is 24.5 Å². The number of nitrogens with zero attached hydrogens (tertiary/aromatic N) is 3. The van der Waals surface area contributed by atoms with Gasteiger partial charge in [0, 0.05) is 24.8 Å². The number of hydrogen-bond donors (Lipinski definition) is 0. The first kappa shape index (κ1) is 21.3. The number of aromatic nitrogens is 2. The summed E-state index contributed by atoms with van der Waals surface area (Å²) in [6.07, 6.45) is 4.54. The Hall–Kier alpha value is -4.51. The topological polar surface area (TPSA) is 61.0 Å². The Morgan fingerprint density at radius 2 is 1.18 bits per heavy atom. The van der Waals surface area contributed by atoms with E-state index < -0.39 is 5.54 Å². The monoisotopic (exact) mass is 445 g/mol. The third kappa shape index (κ3) is 3.88. The van der Waals surface area contributed by atoms with E-state index in [4.69, 9.17) is 4.98 Å². The largest absolute Gasteiger partial charge is 0.319 e. The summed E-state index contributed by atoms with van der Waals surface area (Å²) >= 11 is 0. The third-order valence-electron chi connectivity index (χ3n) is 6.13. The van der Waals surface area contributed by atoms with Crippen LogP contribution in [0.4, 0.5) is 5.69 Å². The quantitative estimate of drug-likeness (QED) is 0.170.